The first-order valence-corrected chi connectivity index (χ1v) is 10.3. The molecule has 3 aromatic carbocycles. The molecular weight excluding hydrogens is 388 g/mol. The summed E-state index contributed by atoms with van der Waals surface area (Å²) in [6.45, 7) is 1.99. The van der Waals surface area contributed by atoms with Crippen LogP contribution < -0.4 is 0 Å². The van der Waals surface area contributed by atoms with Crippen LogP contribution in [0.2, 0.25) is 0 Å². The van der Waals surface area contributed by atoms with Gasteiger partial charge in [0.25, 0.3) is 0 Å². The Morgan fingerprint density at radius 1 is 0.935 bits per heavy atom. The molecule has 31 heavy (non-hydrogen) atoms. The van der Waals surface area contributed by atoms with Crippen LogP contribution in [0.25, 0.3) is 0 Å². The molecule has 0 radical (unpaired) electrons. The predicted octanol–water partition coefficient (Wildman–Crippen LogP) is 5.42. The Balaban J connectivity index is 1.71. The summed E-state index contributed by atoms with van der Waals surface area (Å²) in [5, 5.41) is 9.74. The molecule has 1 aliphatic heterocycles. The van der Waals surface area contributed by atoms with Crippen LogP contribution >= 0.6 is 0 Å². The van der Waals surface area contributed by atoms with Gasteiger partial charge in [-0.2, -0.15) is 5.26 Å². The lowest BCUT2D eigenvalue weighted by Gasteiger charge is -2.46. The van der Waals surface area contributed by atoms with Crippen molar-refractivity contribution in [3.8, 4) is 6.07 Å². The number of morpholine rings is 1. The first-order valence-electron chi connectivity index (χ1n) is 10.3. The normalized spacial score (nSPS) is 23.0. The van der Waals surface area contributed by atoms with Gasteiger partial charge in [-0.1, -0.05) is 91.0 Å². The van der Waals surface area contributed by atoms with E-state index < -0.39 is 30.4 Å². The summed E-state index contributed by atoms with van der Waals surface area (Å²) in [4.78, 5) is 15.0. The number of carbonyl (C=O) groups is 1. The molecule has 1 aliphatic rings. The van der Waals surface area contributed by atoms with Crippen LogP contribution in [-0.2, 0) is 16.1 Å². The van der Waals surface area contributed by atoms with E-state index in [2.05, 4.69) is 6.07 Å². The van der Waals surface area contributed by atoms with E-state index in [-0.39, 0.29) is 6.61 Å². The van der Waals surface area contributed by atoms with E-state index in [1.165, 1.54) is 0 Å². The van der Waals surface area contributed by atoms with E-state index in [0.717, 1.165) is 16.7 Å². The van der Waals surface area contributed by atoms with Crippen molar-refractivity contribution in [2.24, 2.45) is 0 Å². The van der Waals surface area contributed by atoms with Gasteiger partial charge in [0.2, 0.25) is 0 Å². The Labute approximate surface area is 182 Å². The van der Waals surface area contributed by atoms with E-state index in [9.17, 15) is 10.1 Å². The fraction of sp³-hybridized carbons (Fsp3) is 0.231. The molecule has 0 N–H and O–H groups in total. The average molecular weight is 412 g/mol. The maximum atomic E-state index is 13.3. The summed E-state index contributed by atoms with van der Waals surface area (Å²) in [5.74, 6) is 0. The van der Waals surface area contributed by atoms with Gasteiger partial charge in [0.05, 0.1) is 18.2 Å². The molecule has 5 heteroatoms. The van der Waals surface area contributed by atoms with Gasteiger partial charge in [0, 0.05) is 0 Å². The second kappa shape index (κ2) is 9.46. The minimum atomic E-state index is -0.769. The van der Waals surface area contributed by atoms with Crippen LogP contribution in [0.1, 0.15) is 35.8 Å². The highest BCUT2D eigenvalue weighted by atomic mass is 16.6. The molecule has 1 amide bonds. The molecule has 0 spiro atoms. The Bertz CT molecular complexity index is 1030. The third-order valence-corrected chi connectivity index (χ3v) is 5.57. The van der Waals surface area contributed by atoms with Crippen molar-refractivity contribution >= 4 is 6.09 Å². The molecule has 1 saturated heterocycles. The Morgan fingerprint density at radius 2 is 1.48 bits per heavy atom. The summed E-state index contributed by atoms with van der Waals surface area (Å²) >= 11 is 0. The van der Waals surface area contributed by atoms with Crippen LogP contribution in [0.15, 0.2) is 91.0 Å². The second-order valence-corrected chi connectivity index (χ2v) is 7.56. The van der Waals surface area contributed by atoms with Gasteiger partial charge in [-0.15, -0.1) is 0 Å². The molecule has 0 aromatic heterocycles. The van der Waals surface area contributed by atoms with Gasteiger partial charge in [-0.05, 0) is 23.6 Å². The number of rotatable bonds is 4. The number of amides is 1. The summed E-state index contributed by atoms with van der Waals surface area (Å²) in [6.07, 6.45) is -1.72. The number of nitriles is 1. The molecule has 5 nitrogen and oxygen atoms in total. The van der Waals surface area contributed by atoms with Gasteiger partial charge < -0.3 is 9.47 Å². The zero-order chi connectivity index (χ0) is 21.6. The minimum Gasteiger partial charge on any atom is -0.445 e. The van der Waals surface area contributed by atoms with Crippen molar-refractivity contribution in [1.82, 2.24) is 4.90 Å². The van der Waals surface area contributed by atoms with Crippen LogP contribution in [0.5, 0.6) is 0 Å². The van der Waals surface area contributed by atoms with E-state index in [1.807, 2.05) is 97.9 Å². The van der Waals surface area contributed by atoms with Crippen molar-refractivity contribution < 1.29 is 14.3 Å². The molecular formula is C26H24N2O3. The van der Waals surface area contributed by atoms with E-state index in [4.69, 9.17) is 9.47 Å². The topological polar surface area (TPSA) is 62.6 Å². The molecule has 1 unspecified atom stereocenters. The molecule has 1 fully saturated rings. The molecule has 0 bridgehead atoms. The lowest BCUT2D eigenvalue weighted by molar-refractivity contribution is -0.123. The summed E-state index contributed by atoms with van der Waals surface area (Å²) in [5.41, 5.74) is 2.74. The standard InChI is InChI=1S/C26H24N2O3/c1-19-23(17-27)31-25(22-15-9-4-10-16-22)24(21-13-7-3-8-14-21)28(19)26(29)30-18-20-11-5-2-6-12-20/h2-16,19,23-25H,18H2,1H3/t19-,23?,24-,25+/m1/s1. The van der Waals surface area contributed by atoms with Gasteiger partial charge >= 0.3 is 6.09 Å². The van der Waals surface area contributed by atoms with Gasteiger partial charge in [-0.3, -0.25) is 4.90 Å². The number of hydrogen-bond donors (Lipinski definition) is 0. The molecule has 4 rings (SSSR count). The maximum absolute atomic E-state index is 13.3. The molecule has 3 aromatic rings. The SMILES string of the molecule is C[C@@H]1C(C#N)O[C@@H](c2ccccc2)[C@@H](c2ccccc2)N1C(=O)OCc1ccccc1. The third-order valence-electron chi connectivity index (χ3n) is 5.57. The lowest BCUT2D eigenvalue weighted by atomic mass is 9.90. The highest BCUT2D eigenvalue weighted by Crippen LogP contribution is 2.43. The number of hydrogen-bond acceptors (Lipinski definition) is 4. The molecule has 0 aliphatic carbocycles. The molecule has 156 valence electrons. The smallest absolute Gasteiger partial charge is 0.411 e. The largest absolute Gasteiger partial charge is 0.445 e. The zero-order valence-corrected chi connectivity index (χ0v) is 17.3. The molecule has 0 saturated carbocycles. The second-order valence-electron chi connectivity index (χ2n) is 7.56. The minimum absolute atomic E-state index is 0.165. The fourth-order valence-corrected chi connectivity index (χ4v) is 3.99. The van der Waals surface area contributed by atoms with Crippen molar-refractivity contribution in [3.63, 3.8) is 0 Å². The Kier molecular flexibility index (Phi) is 6.30. The van der Waals surface area contributed by atoms with Crippen LogP contribution in [0.3, 0.4) is 0 Å². The number of ether oxygens (including phenoxy) is 2. The zero-order valence-electron chi connectivity index (χ0n) is 17.3. The highest BCUT2D eigenvalue weighted by molar-refractivity contribution is 5.69. The van der Waals surface area contributed by atoms with Crippen molar-refractivity contribution in [1.29, 1.82) is 5.26 Å². The quantitative estimate of drug-likeness (QED) is 0.574. The Morgan fingerprint density at radius 3 is 2.06 bits per heavy atom. The first-order chi connectivity index (χ1) is 15.2. The van der Waals surface area contributed by atoms with Crippen LogP contribution in [0.4, 0.5) is 4.79 Å². The number of carbonyl (C=O) groups excluding carboxylic acids is 1. The monoisotopic (exact) mass is 412 g/mol. The number of nitrogens with zero attached hydrogens (tertiary/aromatic N) is 2. The van der Waals surface area contributed by atoms with Crippen molar-refractivity contribution in [2.45, 2.75) is 37.8 Å². The first kappa shape index (κ1) is 20.6. The molecule has 4 atom stereocenters. The average Bonchev–Trinajstić information content (AvgIpc) is 2.84. The fourth-order valence-electron chi connectivity index (χ4n) is 3.99. The maximum Gasteiger partial charge on any atom is 0.411 e. The lowest BCUT2D eigenvalue weighted by Crippen LogP contribution is -2.54. The van der Waals surface area contributed by atoms with E-state index >= 15 is 0 Å². The third kappa shape index (κ3) is 4.45. The van der Waals surface area contributed by atoms with Crippen molar-refractivity contribution in [2.75, 3.05) is 0 Å². The van der Waals surface area contributed by atoms with Gasteiger partial charge in [0.1, 0.15) is 12.7 Å². The highest BCUT2D eigenvalue weighted by Gasteiger charge is 2.46. The van der Waals surface area contributed by atoms with Crippen LogP contribution in [-0.4, -0.2) is 23.1 Å². The summed E-state index contributed by atoms with van der Waals surface area (Å²) in [6, 6.07) is 30.3. The Hall–Kier alpha value is -3.62. The predicted molar refractivity (Wildman–Crippen MR) is 117 cm³/mol. The van der Waals surface area contributed by atoms with Gasteiger partial charge in [-0.25, -0.2) is 4.79 Å². The summed E-state index contributed by atoms with van der Waals surface area (Å²) in [7, 11) is 0. The van der Waals surface area contributed by atoms with E-state index in [1.54, 1.807) is 4.90 Å². The van der Waals surface area contributed by atoms with Gasteiger partial charge in [0.15, 0.2) is 6.10 Å². The van der Waals surface area contributed by atoms with Crippen LogP contribution in [0, 0.1) is 11.3 Å². The summed E-state index contributed by atoms with van der Waals surface area (Å²) < 4.78 is 11.9. The molecule has 1 heterocycles. The number of benzene rings is 3. The van der Waals surface area contributed by atoms with E-state index in [0.29, 0.717) is 0 Å². The van der Waals surface area contributed by atoms with Crippen molar-refractivity contribution in [3.05, 3.63) is 108 Å².